The summed E-state index contributed by atoms with van der Waals surface area (Å²) in [4.78, 5) is 2.44. The maximum Gasteiger partial charge on any atom is 0.279 e. The van der Waals surface area contributed by atoms with E-state index in [0.29, 0.717) is 19.6 Å². The Morgan fingerprint density at radius 3 is 2.21 bits per heavy atom. The van der Waals surface area contributed by atoms with Gasteiger partial charge in [0.1, 0.15) is 0 Å². The van der Waals surface area contributed by atoms with Crippen LogP contribution in [0.2, 0.25) is 0 Å². The number of hydrogen-bond acceptors (Lipinski definition) is 3. The Labute approximate surface area is 147 Å². The van der Waals surface area contributed by atoms with Gasteiger partial charge < -0.3 is 0 Å². The van der Waals surface area contributed by atoms with E-state index in [0.717, 1.165) is 38.0 Å². The van der Waals surface area contributed by atoms with Gasteiger partial charge in [0.25, 0.3) is 10.2 Å². The summed E-state index contributed by atoms with van der Waals surface area (Å²) in [6, 6.07) is 8.15. The molecule has 0 spiro atoms. The van der Waals surface area contributed by atoms with Crippen LogP contribution in [0.4, 0.5) is 0 Å². The van der Waals surface area contributed by atoms with Crippen molar-refractivity contribution in [1.29, 1.82) is 0 Å². The average molecular weight is 354 g/mol. The molecule has 1 aromatic carbocycles. The lowest BCUT2D eigenvalue weighted by molar-refractivity contribution is 0.330. The number of likely N-dealkylation sites (tertiary alicyclic amines) is 1. The molecule has 0 bridgehead atoms. The lowest BCUT2D eigenvalue weighted by atomic mass is 10.1. The molecule has 1 saturated heterocycles. The smallest absolute Gasteiger partial charge is 0.279 e. The van der Waals surface area contributed by atoms with Crippen molar-refractivity contribution in [3.63, 3.8) is 0 Å². The molecule has 1 aliphatic heterocycles. The topological polar surface area (TPSA) is 52.7 Å². The third-order valence-electron chi connectivity index (χ3n) is 4.44. The van der Waals surface area contributed by atoms with Gasteiger partial charge in [-0.1, -0.05) is 38.1 Å². The molecule has 0 amide bonds. The second kappa shape index (κ2) is 9.51. The van der Waals surface area contributed by atoms with Crippen molar-refractivity contribution in [2.24, 2.45) is 0 Å². The zero-order chi connectivity index (χ0) is 17.4. The van der Waals surface area contributed by atoms with Crippen LogP contribution in [0.5, 0.6) is 0 Å². The van der Waals surface area contributed by atoms with E-state index in [-0.39, 0.29) is 0 Å². The summed E-state index contributed by atoms with van der Waals surface area (Å²) in [5.74, 6) is 0. The summed E-state index contributed by atoms with van der Waals surface area (Å²) in [7, 11) is -3.42. The Hall–Kier alpha value is -0.950. The molecule has 24 heavy (non-hydrogen) atoms. The highest BCUT2D eigenvalue weighted by Gasteiger charge is 2.20. The molecule has 0 radical (unpaired) electrons. The molecule has 1 heterocycles. The monoisotopic (exact) mass is 353 g/mol. The highest BCUT2D eigenvalue weighted by atomic mass is 32.2. The van der Waals surface area contributed by atoms with Gasteiger partial charge in [0, 0.05) is 26.2 Å². The van der Waals surface area contributed by atoms with E-state index in [9.17, 15) is 8.42 Å². The van der Waals surface area contributed by atoms with Crippen LogP contribution in [0.15, 0.2) is 24.3 Å². The van der Waals surface area contributed by atoms with Crippen LogP contribution >= 0.6 is 0 Å². The van der Waals surface area contributed by atoms with Crippen LogP contribution in [0.3, 0.4) is 0 Å². The van der Waals surface area contributed by atoms with Crippen molar-refractivity contribution in [3.05, 3.63) is 35.4 Å². The van der Waals surface area contributed by atoms with E-state index in [4.69, 9.17) is 0 Å². The van der Waals surface area contributed by atoms with Crippen molar-refractivity contribution in [1.82, 2.24) is 13.9 Å². The molecule has 136 valence electrons. The third-order valence-corrected chi connectivity index (χ3v) is 6.00. The highest BCUT2D eigenvalue weighted by molar-refractivity contribution is 7.87. The van der Waals surface area contributed by atoms with E-state index in [2.05, 4.69) is 15.7 Å². The van der Waals surface area contributed by atoms with Crippen LogP contribution in [0.1, 0.15) is 50.7 Å². The molecule has 0 atom stereocenters. The highest BCUT2D eigenvalue weighted by Crippen LogP contribution is 2.16. The van der Waals surface area contributed by atoms with Gasteiger partial charge in [-0.2, -0.15) is 17.4 Å². The minimum atomic E-state index is -3.42. The zero-order valence-corrected chi connectivity index (χ0v) is 15.8. The fraction of sp³-hybridized carbons (Fsp3) is 0.667. The van der Waals surface area contributed by atoms with Gasteiger partial charge in [-0.3, -0.25) is 4.90 Å². The van der Waals surface area contributed by atoms with Gasteiger partial charge in [0.2, 0.25) is 0 Å². The van der Waals surface area contributed by atoms with Crippen LogP contribution in [-0.2, 0) is 23.3 Å². The quantitative estimate of drug-likeness (QED) is 0.704. The number of nitrogens with one attached hydrogen (secondary N) is 1. The van der Waals surface area contributed by atoms with Gasteiger partial charge in [0.15, 0.2) is 0 Å². The predicted molar refractivity (Wildman–Crippen MR) is 98.9 cm³/mol. The zero-order valence-electron chi connectivity index (χ0n) is 15.0. The number of benzene rings is 1. The fourth-order valence-electron chi connectivity index (χ4n) is 3.18. The van der Waals surface area contributed by atoms with E-state index in [1.54, 1.807) is 4.31 Å². The average Bonchev–Trinajstić information content (AvgIpc) is 3.07. The molecular formula is C18H31N3O2S. The first-order valence-electron chi connectivity index (χ1n) is 9.10. The second-order valence-electron chi connectivity index (χ2n) is 6.48. The molecular weight excluding hydrogens is 322 g/mol. The van der Waals surface area contributed by atoms with Gasteiger partial charge in [0.05, 0.1) is 0 Å². The second-order valence-corrected chi connectivity index (χ2v) is 8.23. The first-order chi connectivity index (χ1) is 11.6. The molecule has 5 nitrogen and oxygen atoms in total. The predicted octanol–water partition coefficient (Wildman–Crippen LogP) is 2.74. The molecule has 1 aromatic rings. The Morgan fingerprint density at radius 1 is 1.04 bits per heavy atom. The van der Waals surface area contributed by atoms with Crippen LogP contribution in [-0.4, -0.2) is 43.8 Å². The minimum absolute atomic E-state index is 0.357. The van der Waals surface area contributed by atoms with Crippen LogP contribution in [0, 0.1) is 0 Å². The third kappa shape index (κ3) is 5.55. The maximum absolute atomic E-state index is 12.5. The fourth-order valence-corrected chi connectivity index (χ4v) is 4.54. The van der Waals surface area contributed by atoms with Crippen molar-refractivity contribution in [2.45, 2.75) is 52.6 Å². The van der Waals surface area contributed by atoms with Crippen molar-refractivity contribution in [2.75, 3.05) is 26.2 Å². The summed E-state index contributed by atoms with van der Waals surface area (Å²) >= 11 is 0. The van der Waals surface area contributed by atoms with Crippen molar-refractivity contribution in [3.8, 4) is 0 Å². The van der Waals surface area contributed by atoms with Crippen molar-refractivity contribution < 1.29 is 8.42 Å². The summed E-state index contributed by atoms with van der Waals surface area (Å²) < 4.78 is 29.4. The van der Waals surface area contributed by atoms with E-state index < -0.39 is 10.2 Å². The number of nitrogens with zero attached hydrogens (tertiary/aromatic N) is 2. The van der Waals surface area contributed by atoms with Gasteiger partial charge in [-0.05, 0) is 49.9 Å². The summed E-state index contributed by atoms with van der Waals surface area (Å²) in [6.45, 7) is 8.69. The number of hydrogen-bond donors (Lipinski definition) is 1. The summed E-state index contributed by atoms with van der Waals surface area (Å²) in [6.07, 6.45) is 4.18. The molecule has 0 saturated carbocycles. The normalized spacial score (nSPS) is 16.1. The molecule has 1 N–H and O–H groups in total. The maximum atomic E-state index is 12.5. The Balaban J connectivity index is 2.02. The molecule has 0 aliphatic carbocycles. The molecule has 2 rings (SSSR count). The van der Waals surface area contributed by atoms with Gasteiger partial charge >= 0.3 is 0 Å². The molecule has 1 aliphatic rings. The molecule has 1 fully saturated rings. The Bertz CT molecular complexity index is 592. The van der Waals surface area contributed by atoms with Crippen LogP contribution < -0.4 is 4.72 Å². The SMILES string of the molecule is CCCN(CCC)S(=O)(=O)NCc1ccccc1CN1CCCC1. The number of rotatable bonds is 10. The lowest BCUT2D eigenvalue weighted by Gasteiger charge is -2.22. The van der Waals surface area contributed by atoms with Gasteiger partial charge in [-0.15, -0.1) is 0 Å². The van der Waals surface area contributed by atoms with Crippen LogP contribution in [0.25, 0.3) is 0 Å². The largest absolute Gasteiger partial charge is 0.299 e. The summed E-state index contributed by atoms with van der Waals surface area (Å²) in [5, 5.41) is 0. The molecule has 6 heteroatoms. The van der Waals surface area contributed by atoms with E-state index in [1.807, 2.05) is 32.0 Å². The lowest BCUT2D eigenvalue weighted by Crippen LogP contribution is -2.41. The standard InChI is InChI=1S/C18H31N3O2S/c1-3-11-21(12-4-2)24(22,23)19-15-17-9-5-6-10-18(17)16-20-13-7-8-14-20/h5-6,9-10,19H,3-4,7-8,11-16H2,1-2H3. The first kappa shape index (κ1) is 19.4. The molecule has 0 aromatic heterocycles. The first-order valence-corrected chi connectivity index (χ1v) is 10.5. The minimum Gasteiger partial charge on any atom is -0.299 e. The van der Waals surface area contributed by atoms with E-state index >= 15 is 0 Å². The Kier molecular flexibility index (Phi) is 7.68. The van der Waals surface area contributed by atoms with Gasteiger partial charge in [-0.25, -0.2) is 0 Å². The summed E-state index contributed by atoms with van der Waals surface area (Å²) in [5.41, 5.74) is 2.29. The molecule has 0 unspecified atom stereocenters. The van der Waals surface area contributed by atoms with E-state index in [1.165, 1.54) is 18.4 Å². The Morgan fingerprint density at radius 2 is 1.62 bits per heavy atom. The van der Waals surface area contributed by atoms with Crippen molar-refractivity contribution >= 4 is 10.2 Å².